The van der Waals surface area contributed by atoms with Crippen molar-refractivity contribution in [2.24, 2.45) is 0 Å². The van der Waals surface area contributed by atoms with Crippen molar-refractivity contribution >= 4 is 6.09 Å². The van der Waals surface area contributed by atoms with Crippen LogP contribution in [0.4, 0.5) is 18.0 Å². The minimum atomic E-state index is -4.71. The summed E-state index contributed by atoms with van der Waals surface area (Å²) >= 11 is 0. The molecule has 1 aromatic carbocycles. The number of alkyl halides is 3. The fourth-order valence-electron chi connectivity index (χ4n) is 2.81. The molecule has 0 spiro atoms. The summed E-state index contributed by atoms with van der Waals surface area (Å²) < 4.78 is 57.0. The molecule has 1 heterocycles. The topological polar surface area (TPSA) is 48.0 Å². The van der Waals surface area contributed by atoms with Crippen molar-refractivity contribution in [3.05, 3.63) is 35.9 Å². The van der Waals surface area contributed by atoms with Crippen LogP contribution in [-0.2, 0) is 20.8 Å². The van der Waals surface area contributed by atoms with Crippen molar-refractivity contribution in [2.75, 3.05) is 20.2 Å². The fraction of sp³-hybridized carbons (Fsp3) is 0.611. The molecule has 26 heavy (non-hydrogen) atoms. The maximum atomic E-state index is 13.8. The second-order valence-electron chi connectivity index (χ2n) is 7.24. The highest BCUT2D eigenvalue weighted by Gasteiger charge is 2.66. The highest BCUT2D eigenvalue weighted by Crippen LogP contribution is 2.42. The molecule has 146 valence electrons. The van der Waals surface area contributed by atoms with E-state index in [1.807, 2.05) is 0 Å². The number of ether oxygens (including phenoxy) is 3. The lowest BCUT2D eigenvalue weighted by Crippen LogP contribution is -2.57. The van der Waals surface area contributed by atoms with Crippen LogP contribution in [0.2, 0.25) is 0 Å². The lowest BCUT2D eigenvalue weighted by atomic mass is 9.99. The fourth-order valence-corrected chi connectivity index (χ4v) is 2.81. The van der Waals surface area contributed by atoms with Crippen LogP contribution in [0.25, 0.3) is 0 Å². The Hall–Kier alpha value is -1.80. The SMILES string of the molecule is COC1(C(F)(F)F)CN(C(=O)OC(C)(C)C)CC1OCc1ccccc1. The summed E-state index contributed by atoms with van der Waals surface area (Å²) in [7, 11) is 0.977. The second-order valence-corrected chi connectivity index (χ2v) is 7.24. The van der Waals surface area contributed by atoms with Gasteiger partial charge in [0, 0.05) is 7.11 Å². The lowest BCUT2D eigenvalue weighted by Gasteiger charge is -2.34. The molecule has 1 fully saturated rings. The largest absolute Gasteiger partial charge is 0.444 e. The minimum absolute atomic E-state index is 0.0190. The normalized spacial score (nSPS) is 24.0. The van der Waals surface area contributed by atoms with Crippen molar-refractivity contribution in [3.8, 4) is 0 Å². The van der Waals surface area contributed by atoms with Gasteiger partial charge in [-0.3, -0.25) is 0 Å². The Morgan fingerprint density at radius 3 is 2.35 bits per heavy atom. The van der Waals surface area contributed by atoms with Crippen molar-refractivity contribution < 1.29 is 32.2 Å². The molecule has 1 amide bonds. The molecule has 0 N–H and O–H groups in total. The van der Waals surface area contributed by atoms with E-state index >= 15 is 0 Å². The van der Waals surface area contributed by atoms with E-state index in [0.717, 1.165) is 17.6 Å². The highest BCUT2D eigenvalue weighted by atomic mass is 19.4. The first kappa shape index (κ1) is 20.5. The molecule has 2 atom stereocenters. The maximum absolute atomic E-state index is 13.8. The van der Waals surface area contributed by atoms with Gasteiger partial charge < -0.3 is 19.1 Å². The predicted molar refractivity (Wildman–Crippen MR) is 88.6 cm³/mol. The van der Waals surface area contributed by atoms with Gasteiger partial charge in [0.1, 0.15) is 11.7 Å². The van der Waals surface area contributed by atoms with Gasteiger partial charge in [0.25, 0.3) is 0 Å². The van der Waals surface area contributed by atoms with Crippen LogP contribution in [0.5, 0.6) is 0 Å². The molecule has 2 rings (SSSR count). The Morgan fingerprint density at radius 1 is 1.23 bits per heavy atom. The van der Waals surface area contributed by atoms with E-state index in [4.69, 9.17) is 14.2 Å². The van der Waals surface area contributed by atoms with Crippen molar-refractivity contribution in [1.29, 1.82) is 0 Å². The van der Waals surface area contributed by atoms with Crippen LogP contribution in [0.1, 0.15) is 26.3 Å². The number of likely N-dealkylation sites (tertiary alicyclic amines) is 1. The van der Waals surface area contributed by atoms with E-state index in [0.29, 0.717) is 0 Å². The van der Waals surface area contributed by atoms with Crippen molar-refractivity contribution in [3.63, 3.8) is 0 Å². The van der Waals surface area contributed by atoms with E-state index in [2.05, 4.69) is 0 Å². The third kappa shape index (κ3) is 4.48. The number of nitrogens with zero attached hydrogens (tertiary/aromatic N) is 1. The van der Waals surface area contributed by atoms with Crippen LogP contribution in [0.3, 0.4) is 0 Å². The summed E-state index contributed by atoms with van der Waals surface area (Å²) in [5.74, 6) is 0. The van der Waals surface area contributed by atoms with Crippen LogP contribution >= 0.6 is 0 Å². The average molecular weight is 375 g/mol. The number of benzene rings is 1. The molecule has 5 nitrogen and oxygen atoms in total. The third-order valence-electron chi connectivity index (χ3n) is 4.12. The Balaban J connectivity index is 2.20. The van der Waals surface area contributed by atoms with Gasteiger partial charge in [-0.2, -0.15) is 13.2 Å². The van der Waals surface area contributed by atoms with Gasteiger partial charge in [-0.25, -0.2) is 4.79 Å². The Kier molecular flexibility index (Phi) is 5.87. The molecule has 0 aliphatic carbocycles. The van der Waals surface area contributed by atoms with Crippen molar-refractivity contribution in [1.82, 2.24) is 4.90 Å². The zero-order valence-corrected chi connectivity index (χ0v) is 15.3. The number of carbonyl (C=O) groups excluding carboxylic acids is 1. The Morgan fingerprint density at radius 2 is 1.85 bits per heavy atom. The highest BCUT2D eigenvalue weighted by molar-refractivity contribution is 5.69. The number of rotatable bonds is 4. The predicted octanol–water partition coefficient (Wildman–Crippen LogP) is 3.77. The van der Waals surface area contributed by atoms with Crippen LogP contribution in [0, 0.1) is 0 Å². The second kappa shape index (κ2) is 7.44. The zero-order valence-electron chi connectivity index (χ0n) is 15.3. The number of hydrogen-bond acceptors (Lipinski definition) is 4. The molecule has 1 aromatic rings. The van der Waals surface area contributed by atoms with Gasteiger partial charge in [-0.05, 0) is 26.3 Å². The van der Waals surface area contributed by atoms with Crippen LogP contribution < -0.4 is 0 Å². The number of carbonyl (C=O) groups is 1. The molecule has 8 heteroatoms. The van der Waals surface area contributed by atoms with Gasteiger partial charge in [-0.1, -0.05) is 30.3 Å². The van der Waals surface area contributed by atoms with E-state index in [-0.39, 0.29) is 13.2 Å². The molecule has 1 saturated heterocycles. The smallest absolute Gasteiger partial charge is 0.421 e. The summed E-state index contributed by atoms with van der Waals surface area (Å²) in [6, 6.07) is 8.85. The van der Waals surface area contributed by atoms with E-state index in [1.54, 1.807) is 51.1 Å². The van der Waals surface area contributed by atoms with E-state index < -0.39 is 36.1 Å². The van der Waals surface area contributed by atoms with Crippen LogP contribution in [-0.4, -0.2) is 54.7 Å². The molecular weight excluding hydrogens is 351 g/mol. The average Bonchev–Trinajstić information content (AvgIpc) is 2.92. The van der Waals surface area contributed by atoms with Gasteiger partial charge in [-0.15, -0.1) is 0 Å². The summed E-state index contributed by atoms with van der Waals surface area (Å²) in [6.45, 7) is 3.98. The molecule has 1 aliphatic rings. The maximum Gasteiger partial charge on any atom is 0.421 e. The molecule has 0 radical (unpaired) electrons. The van der Waals surface area contributed by atoms with Gasteiger partial charge >= 0.3 is 12.3 Å². The first-order valence-electron chi connectivity index (χ1n) is 8.24. The number of amides is 1. The summed E-state index contributed by atoms with van der Waals surface area (Å²) in [6.07, 6.45) is -6.89. The molecule has 2 unspecified atom stereocenters. The molecule has 0 bridgehead atoms. The first-order valence-corrected chi connectivity index (χ1v) is 8.24. The quantitative estimate of drug-likeness (QED) is 0.804. The summed E-state index contributed by atoms with van der Waals surface area (Å²) in [5.41, 5.74) is -2.68. The summed E-state index contributed by atoms with van der Waals surface area (Å²) in [5, 5.41) is 0. The van der Waals surface area contributed by atoms with Gasteiger partial charge in [0.05, 0.1) is 19.7 Å². The van der Waals surface area contributed by atoms with E-state index in [9.17, 15) is 18.0 Å². The zero-order chi connectivity index (χ0) is 19.6. The first-order chi connectivity index (χ1) is 12.0. The number of methoxy groups -OCH3 is 1. The third-order valence-corrected chi connectivity index (χ3v) is 4.12. The molecule has 1 aliphatic heterocycles. The van der Waals surface area contributed by atoms with E-state index in [1.165, 1.54) is 0 Å². The minimum Gasteiger partial charge on any atom is -0.444 e. The molecule has 0 aromatic heterocycles. The Labute approximate surface area is 151 Å². The van der Waals surface area contributed by atoms with Crippen LogP contribution in [0.15, 0.2) is 30.3 Å². The number of hydrogen-bond donors (Lipinski definition) is 0. The van der Waals surface area contributed by atoms with Crippen molar-refractivity contribution in [2.45, 2.75) is 50.9 Å². The lowest BCUT2D eigenvalue weighted by molar-refractivity contribution is -0.292. The summed E-state index contributed by atoms with van der Waals surface area (Å²) in [4.78, 5) is 13.2. The van der Waals surface area contributed by atoms with Gasteiger partial charge in [0.2, 0.25) is 5.60 Å². The number of halogens is 3. The Bertz CT molecular complexity index is 615. The standard InChI is InChI=1S/C18H24F3NO4/c1-16(2,3)26-15(23)22-10-14(17(12-22,24-4)18(19,20)21)25-11-13-8-6-5-7-9-13/h5-9,14H,10-12H2,1-4H3. The molecular formula is C18H24F3NO4. The van der Waals surface area contributed by atoms with Gasteiger partial charge in [0.15, 0.2) is 0 Å². The molecule has 0 saturated carbocycles. The monoisotopic (exact) mass is 375 g/mol.